The fourth-order valence-corrected chi connectivity index (χ4v) is 4.20. The smallest absolute Gasteiger partial charge is 0.351 e. The topological polar surface area (TPSA) is 62.5 Å². The molecule has 0 spiro atoms. The maximum atomic E-state index is 13.8. The van der Waals surface area contributed by atoms with E-state index in [1.165, 1.54) is 4.52 Å². The number of tetrazole rings is 1. The molecule has 0 saturated carbocycles. The third-order valence-corrected chi connectivity index (χ3v) is 5.70. The van der Waals surface area contributed by atoms with E-state index in [2.05, 4.69) is 30.3 Å². The number of hydrogen-bond acceptors (Lipinski definition) is 6. The van der Waals surface area contributed by atoms with Gasteiger partial charge in [0.15, 0.2) is 5.82 Å². The van der Waals surface area contributed by atoms with E-state index in [4.69, 9.17) is 0 Å². The van der Waals surface area contributed by atoms with Crippen molar-refractivity contribution >= 4 is 22.5 Å². The highest BCUT2D eigenvalue weighted by Gasteiger charge is 2.58. The highest BCUT2D eigenvalue weighted by atomic mass is 19.4. The molecule has 2 aliphatic rings. The molecule has 0 aliphatic carbocycles. The van der Waals surface area contributed by atoms with E-state index in [-0.39, 0.29) is 16.7 Å². The Morgan fingerprint density at radius 3 is 2.66 bits per heavy atom. The van der Waals surface area contributed by atoms with Gasteiger partial charge in [-0.25, -0.2) is 4.98 Å². The lowest BCUT2D eigenvalue weighted by Gasteiger charge is -2.38. The first-order chi connectivity index (χ1) is 13.8. The van der Waals surface area contributed by atoms with Crippen LogP contribution in [0.3, 0.4) is 0 Å². The van der Waals surface area contributed by atoms with Gasteiger partial charge in [0.25, 0.3) is 0 Å². The van der Waals surface area contributed by atoms with Crippen LogP contribution in [0.5, 0.6) is 0 Å². The lowest BCUT2D eigenvalue weighted by atomic mass is 10.1. The average molecular weight is 413 g/mol. The third-order valence-electron chi connectivity index (χ3n) is 5.70. The van der Waals surface area contributed by atoms with Gasteiger partial charge < -0.3 is 4.90 Å². The Balaban J connectivity index is 1.61. The molecule has 1 unspecified atom stereocenters. The molecule has 2 aromatic heterocycles. The first-order valence-corrected chi connectivity index (χ1v) is 9.21. The highest BCUT2D eigenvalue weighted by Crippen LogP contribution is 2.44. The van der Waals surface area contributed by atoms with Crippen molar-refractivity contribution in [2.24, 2.45) is 0 Å². The van der Waals surface area contributed by atoms with E-state index < -0.39 is 17.7 Å². The van der Waals surface area contributed by atoms with Crippen LogP contribution in [0.25, 0.3) is 16.7 Å². The molecule has 2 aliphatic heterocycles. The molecule has 1 aromatic carbocycles. The number of rotatable bonds is 2. The minimum absolute atomic E-state index is 0.00493. The Morgan fingerprint density at radius 2 is 1.86 bits per heavy atom. The van der Waals surface area contributed by atoms with Crippen LogP contribution in [0.1, 0.15) is 18.4 Å². The zero-order chi connectivity index (χ0) is 20.4. The number of hydrogen-bond donors (Lipinski definition) is 0. The van der Waals surface area contributed by atoms with Crippen LogP contribution in [0.2, 0.25) is 0 Å². The second-order valence-corrected chi connectivity index (χ2v) is 7.40. The SMILES string of the molecule is FC(F)(F)C(F)(F)c1ccc2nc(N3CCN4CCCC4C3)c3nnnn3c2c1. The summed E-state index contributed by atoms with van der Waals surface area (Å²) in [4.78, 5) is 8.99. The molecule has 1 atom stereocenters. The maximum absolute atomic E-state index is 13.8. The van der Waals surface area contributed by atoms with E-state index in [1.807, 2.05) is 0 Å². The normalized spacial score (nSPS) is 21.3. The summed E-state index contributed by atoms with van der Waals surface area (Å²) in [7, 11) is 0. The predicted molar refractivity (Wildman–Crippen MR) is 92.8 cm³/mol. The minimum Gasteiger partial charge on any atom is -0.351 e. The number of halogens is 5. The van der Waals surface area contributed by atoms with Crippen LogP contribution in [-0.2, 0) is 5.92 Å². The summed E-state index contributed by atoms with van der Waals surface area (Å²) >= 11 is 0. The second-order valence-electron chi connectivity index (χ2n) is 7.40. The maximum Gasteiger partial charge on any atom is 0.458 e. The molecular weight excluding hydrogens is 397 g/mol. The van der Waals surface area contributed by atoms with Gasteiger partial charge in [0, 0.05) is 31.2 Å². The highest BCUT2D eigenvalue weighted by molar-refractivity contribution is 5.83. The monoisotopic (exact) mass is 413 g/mol. The Kier molecular flexibility index (Phi) is 3.92. The van der Waals surface area contributed by atoms with Crippen LogP contribution in [0.4, 0.5) is 27.8 Å². The van der Waals surface area contributed by atoms with Crippen molar-refractivity contribution in [2.45, 2.75) is 31.0 Å². The molecule has 12 heteroatoms. The van der Waals surface area contributed by atoms with Crippen molar-refractivity contribution in [2.75, 3.05) is 31.1 Å². The van der Waals surface area contributed by atoms with E-state index in [0.29, 0.717) is 18.4 Å². The molecule has 2 saturated heterocycles. The van der Waals surface area contributed by atoms with Crippen molar-refractivity contribution in [1.29, 1.82) is 0 Å². The van der Waals surface area contributed by atoms with Crippen molar-refractivity contribution in [3.8, 4) is 0 Å². The molecule has 0 amide bonds. The summed E-state index contributed by atoms with van der Waals surface area (Å²) in [5.41, 5.74) is -0.704. The Labute approximate surface area is 161 Å². The molecule has 0 bridgehead atoms. The molecule has 4 heterocycles. The van der Waals surface area contributed by atoms with E-state index in [1.54, 1.807) is 0 Å². The van der Waals surface area contributed by atoms with Crippen molar-refractivity contribution < 1.29 is 22.0 Å². The van der Waals surface area contributed by atoms with Gasteiger partial charge in [0.1, 0.15) is 0 Å². The lowest BCUT2D eigenvalue weighted by Crippen LogP contribution is -2.50. The van der Waals surface area contributed by atoms with Crippen LogP contribution < -0.4 is 4.90 Å². The van der Waals surface area contributed by atoms with Crippen molar-refractivity contribution in [1.82, 2.24) is 29.9 Å². The molecule has 154 valence electrons. The summed E-state index contributed by atoms with van der Waals surface area (Å²) < 4.78 is 67.1. The number of nitrogens with zero attached hydrogens (tertiary/aromatic N) is 7. The fraction of sp³-hybridized carbons (Fsp3) is 0.529. The quantitative estimate of drug-likeness (QED) is 0.602. The Morgan fingerprint density at radius 1 is 1.03 bits per heavy atom. The van der Waals surface area contributed by atoms with E-state index in [0.717, 1.165) is 50.7 Å². The summed E-state index contributed by atoms with van der Waals surface area (Å²) in [6.45, 7) is 3.39. The number of alkyl halides is 5. The predicted octanol–water partition coefficient (Wildman–Crippen LogP) is 2.61. The van der Waals surface area contributed by atoms with Gasteiger partial charge >= 0.3 is 12.1 Å². The molecule has 29 heavy (non-hydrogen) atoms. The number of aromatic nitrogens is 5. The van der Waals surface area contributed by atoms with E-state index in [9.17, 15) is 22.0 Å². The molecule has 5 rings (SSSR count). The summed E-state index contributed by atoms with van der Waals surface area (Å²) in [6, 6.07) is 3.06. The average Bonchev–Trinajstić information content (AvgIpc) is 3.34. The number of anilines is 1. The Bertz CT molecular complexity index is 1080. The van der Waals surface area contributed by atoms with Crippen LogP contribution in [-0.4, -0.2) is 68.3 Å². The second kappa shape index (κ2) is 6.18. The summed E-state index contributed by atoms with van der Waals surface area (Å²) in [5, 5.41) is 11.3. The zero-order valence-corrected chi connectivity index (χ0v) is 15.1. The molecule has 0 N–H and O–H groups in total. The fourth-order valence-electron chi connectivity index (χ4n) is 4.20. The van der Waals surface area contributed by atoms with Crippen LogP contribution in [0, 0.1) is 0 Å². The molecular formula is C17H16F5N7. The molecule has 7 nitrogen and oxygen atoms in total. The van der Waals surface area contributed by atoms with Gasteiger partial charge in [-0.1, -0.05) is 6.07 Å². The first-order valence-electron chi connectivity index (χ1n) is 9.21. The summed E-state index contributed by atoms with van der Waals surface area (Å²) in [6.07, 6.45) is -3.47. The zero-order valence-electron chi connectivity index (χ0n) is 15.1. The largest absolute Gasteiger partial charge is 0.458 e. The third kappa shape index (κ3) is 2.80. The molecule has 2 fully saturated rings. The minimum atomic E-state index is -5.70. The van der Waals surface area contributed by atoms with Crippen LogP contribution in [0.15, 0.2) is 18.2 Å². The number of piperazine rings is 1. The first kappa shape index (κ1) is 18.4. The number of benzene rings is 1. The lowest BCUT2D eigenvalue weighted by molar-refractivity contribution is -0.289. The van der Waals surface area contributed by atoms with Crippen LogP contribution >= 0.6 is 0 Å². The number of fused-ring (bicyclic) bond motifs is 4. The van der Waals surface area contributed by atoms with Gasteiger partial charge in [-0.2, -0.15) is 26.5 Å². The van der Waals surface area contributed by atoms with E-state index >= 15 is 0 Å². The van der Waals surface area contributed by atoms with Gasteiger partial charge in [-0.15, -0.1) is 5.10 Å². The van der Waals surface area contributed by atoms with Gasteiger partial charge in [0.2, 0.25) is 5.65 Å². The van der Waals surface area contributed by atoms with Gasteiger partial charge in [-0.05, 0) is 41.9 Å². The van der Waals surface area contributed by atoms with Gasteiger partial charge in [0.05, 0.1) is 11.0 Å². The van der Waals surface area contributed by atoms with Crippen molar-refractivity contribution in [3.05, 3.63) is 23.8 Å². The standard InChI is InChI=1S/C17H16F5N7/c18-16(19,17(20,21)22)10-3-4-12-13(8-10)29-15(24-25-26-29)14(23-12)28-7-6-27-5-1-2-11(27)9-28/h3-4,8,11H,1-2,5-7,9H2. The molecule has 0 radical (unpaired) electrons. The Hall–Kier alpha value is -2.63. The van der Waals surface area contributed by atoms with Gasteiger partial charge in [-0.3, -0.25) is 4.90 Å². The summed E-state index contributed by atoms with van der Waals surface area (Å²) in [5.74, 6) is -4.48. The van der Waals surface area contributed by atoms with Crippen molar-refractivity contribution in [3.63, 3.8) is 0 Å². The molecule has 3 aromatic rings.